The third-order valence-corrected chi connectivity index (χ3v) is 2.45. The van der Waals surface area contributed by atoms with Gasteiger partial charge in [-0.2, -0.15) is 5.10 Å². The first-order valence-electron chi connectivity index (χ1n) is 6.91. The SMILES string of the molecule is CCOC=O.Cc1cc(C(=O)O)cc(C(=O)O)c1.Cc1ccn[nH]1. The molecular weight excluding hydrogens is 316 g/mol. The molecule has 130 valence electrons. The zero-order chi connectivity index (χ0) is 18.5. The van der Waals surface area contributed by atoms with Gasteiger partial charge in [0.15, 0.2) is 0 Å². The van der Waals surface area contributed by atoms with Crippen LogP contribution in [0.15, 0.2) is 30.5 Å². The number of aromatic carboxylic acids is 2. The first-order chi connectivity index (χ1) is 11.3. The maximum absolute atomic E-state index is 10.5. The van der Waals surface area contributed by atoms with E-state index >= 15 is 0 Å². The van der Waals surface area contributed by atoms with E-state index in [1.165, 1.54) is 12.1 Å². The monoisotopic (exact) mass is 336 g/mol. The van der Waals surface area contributed by atoms with E-state index < -0.39 is 11.9 Å². The third kappa shape index (κ3) is 8.98. The van der Waals surface area contributed by atoms with Gasteiger partial charge in [-0.3, -0.25) is 9.89 Å². The summed E-state index contributed by atoms with van der Waals surface area (Å²) in [6.07, 6.45) is 1.73. The van der Waals surface area contributed by atoms with E-state index in [1.54, 1.807) is 20.0 Å². The summed E-state index contributed by atoms with van der Waals surface area (Å²) in [4.78, 5) is 30.3. The number of carbonyl (C=O) groups excluding carboxylic acids is 1. The molecule has 24 heavy (non-hydrogen) atoms. The molecule has 0 saturated heterocycles. The van der Waals surface area contributed by atoms with Gasteiger partial charge in [-0.15, -0.1) is 0 Å². The minimum Gasteiger partial charge on any atom is -0.478 e. The fourth-order valence-corrected chi connectivity index (χ4v) is 1.42. The highest BCUT2D eigenvalue weighted by Crippen LogP contribution is 2.09. The van der Waals surface area contributed by atoms with Gasteiger partial charge in [0.1, 0.15) is 0 Å². The van der Waals surface area contributed by atoms with Crippen molar-refractivity contribution in [3.63, 3.8) is 0 Å². The summed E-state index contributed by atoms with van der Waals surface area (Å²) in [5, 5.41) is 23.7. The maximum atomic E-state index is 10.5. The number of aromatic amines is 1. The molecule has 2 rings (SSSR count). The molecule has 0 aliphatic heterocycles. The van der Waals surface area contributed by atoms with E-state index in [1.807, 2.05) is 13.0 Å². The van der Waals surface area contributed by atoms with Gasteiger partial charge >= 0.3 is 11.9 Å². The molecule has 0 saturated carbocycles. The molecule has 0 aliphatic carbocycles. The Balaban J connectivity index is 0.000000397. The molecule has 0 bridgehead atoms. The molecule has 1 aromatic heterocycles. The molecule has 8 nitrogen and oxygen atoms in total. The number of carboxylic acid groups (broad SMARTS) is 2. The quantitative estimate of drug-likeness (QED) is 0.730. The maximum Gasteiger partial charge on any atom is 0.335 e. The number of nitrogens with one attached hydrogen (secondary N) is 1. The number of hydrogen-bond acceptors (Lipinski definition) is 5. The van der Waals surface area contributed by atoms with Crippen LogP contribution in [-0.4, -0.2) is 45.4 Å². The van der Waals surface area contributed by atoms with Gasteiger partial charge in [0.25, 0.3) is 6.47 Å². The highest BCUT2D eigenvalue weighted by molar-refractivity contribution is 5.94. The van der Waals surface area contributed by atoms with Crippen molar-refractivity contribution >= 4 is 18.4 Å². The Kier molecular flexibility index (Phi) is 9.91. The average Bonchev–Trinajstić information content (AvgIpc) is 2.99. The van der Waals surface area contributed by atoms with Crippen LogP contribution in [0.2, 0.25) is 0 Å². The summed E-state index contributed by atoms with van der Waals surface area (Å²) in [5.74, 6) is -2.24. The van der Waals surface area contributed by atoms with E-state index in [-0.39, 0.29) is 11.1 Å². The standard InChI is InChI=1S/C9H8O4.C4H6N2.C3H6O2/c1-5-2-6(8(10)11)4-7(3-5)9(12)13;1-4-2-3-5-6-4;1-2-5-3-4/h2-4H,1H3,(H,10,11)(H,12,13);2-3H,1H3,(H,5,6);3H,2H2,1H3. The van der Waals surface area contributed by atoms with Crippen LogP contribution < -0.4 is 0 Å². The van der Waals surface area contributed by atoms with Crippen molar-refractivity contribution < 1.29 is 29.3 Å². The van der Waals surface area contributed by atoms with Crippen molar-refractivity contribution in [3.8, 4) is 0 Å². The topological polar surface area (TPSA) is 130 Å². The fourth-order valence-electron chi connectivity index (χ4n) is 1.42. The minimum absolute atomic E-state index is 0.00241. The highest BCUT2D eigenvalue weighted by atomic mass is 16.5. The van der Waals surface area contributed by atoms with Gasteiger partial charge in [0.2, 0.25) is 0 Å². The Morgan fingerprint density at radius 1 is 1.17 bits per heavy atom. The second-order valence-corrected chi connectivity index (χ2v) is 4.49. The predicted octanol–water partition coefficient (Wildman–Crippen LogP) is 2.29. The lowest BCUT2D eigenvalue weighted by Crippen LogP contribution is -2.02. The third-order valence-electron chi connectivity index (χ3n) is 2.45. The van der Waals surface area contributed by atoms with Crippen molar-refractivity contribution in [2.24, 2.45) is 0 Å². The van der Waals surface area contributed by atoms with Gasteiger partial charge < -0.3 is 14.9 Å². The van der Waals surface area contributed by atoms with E-state index in [0.717, 1.165) is 11.8 Å². The number of H-pyrrole nitrogens is 1. The zero-order valence-electron chi connectivity index (χ0n) is 13.6. The molecule has 0 atom stereocenters. The Hall–Kier alpha value is -3.16. The van der Waals surface area contributed by atoms with Gasteiger partial charge in [0.05, 0.1) is 17.7 Å². The summed E-state index contributed by atoms with van der Waals surface area (Å²) in [6, 6.07) is 5.90. The lowest BCUT2D eigenvalue weighted by atomic mass is 10.1. The lowest BCUT2D eigenvalue weighted by molar-refractivity contribution is -0.128. The highest BCUT2D eigenvalue weighted by Gasteiger charge is 2.09. The number of aryl methyl sites for hydroxylation is 2. The van der Waals surface area contributed by atoms with E-state index in [9.17, 15) is 14.4 Å². The van der Waals surface area contributed by atoms with E-state index in [4.69, 9.17) is 10.2 Å². The van der Waals surface area contributed by atoms with Crippen LogP contribution in [0.3, 0.4) is 0 Å². The largest absolute Gasteiger partial charge is 0.478 e. The molecule has 3 N–H and O–H groups in total. The molecule has 0 fully saturated rings. The number of benzene rings is 1. The van der Waals surface area contributed by atoms with Crippen molar-refractivity contribution in [3.05, 3.63) is 52.8 Å². The predicted molar refractivity (Wildman–Crippen MR) is 86.1 cm³/mol. The molecule has 0 aliphatic rings. The minimum atomic E-state index is -1.12. The number of hydrogen-bond donors (Lipinski definition) is 3. The smallest absolute Gasteiger partial charge is 0.335 e. The normalized spacial score (nSPS) is 8.79. The zero-order valence-corrected chi connectivity index (χ0v) is 13.6. The Morgan fingerprint density at radius 3 is 1.92 bits per heavy atom. The first kappa shape index (κ1) is 20.8. The van der Waals surface area contributed by atoms with Gasteiger partial charge in [0, 0.05) is 11.9 Å². The second kappa shape index (κ2) is 11.4. The summed E-state index contributed by atoms with van der Waals surface area (Å²) in [5.41, 5.74) is 1.72. The number of carbonyl (C=O) groups is 3. The molecule has 0 unspecified atom stereocenters. The first-order valence-corrected chi connectivity index (χ1v) is 6.91. The molecule has 8 heteroatoms. The van der Waals surface area contributed by atoms with Crippen LogP contribution in [0.25, 0.3) is 0 Å². The van der Waals surface area contributed by atoms with E-state index in [0.29, 0.717) is 18.6 Å². The van der Waals surface area contributed by atoms with Gasteiger partial charge in [-0.05, 0) is 50.6 Å². The molecule has 1 aromatic carbocycles. The Bertz CT molecular complexity index is 620. The van der Waals surface area contributed by atoms with Crippen LogP contribution in [0.4, 0.5) is 0 Å². The summed E-state index contributed by atoms with van der Waals surface area (Å²) in [6.45, 7) is 6.28. The number of nitrogens with zero attached hydrogens (tertiary/aromatic N) is 1. The Labute approximate surface area is 139 Å². The van der Waals surface area contributed by atoms with Gasteiger partial charge in [-0.25, -0.2) is 9.59 Å². The number of rotatable bonds is 4. The molecule has 0 spiro atoms. The van der Waals surface area contributed by atoms with Crippen LogP contribution in [0.1, 0.15) is 38.9 Å². The van der Waals surface area contributed by atoms with Crippen LogP contribution in [-0.2, 0) is 9.53 Å². The molecule has 0 amide bonds. The number of aromatic nitrogens is 2. The summed E-state index contributed by atoms with van der Waals surface area (Å²) in [7, 11) is 0. The summed E-state index contributed by atoms with van der Waals surface area (Å²) < 4.78 is 4.15. The van der Waals surface area contributed by atoms with Crippen molar-refractivity contribution in [2.75, 3.05) is 6.61 Å². The fraction of sp³-hybridized carbons (Fsp3) is 0.250. The van der Waals surface area contributed by atoms with Gasteiger partial charge in [-0.1, -0.05) is 0 Å². The summed E-state index contributed by atoms with van der Waals surface area (Å²) >= 11 is 0. The van der Waals surface area contributed by atoms with E-state index in [2.05, 4.69) is 14.9 Å². The van der Waals surface area contributed by atoms with Crippen molar-refractivity contribution in [1.82, 2.24) is 10.2 Å². The Morgan fingerprint density at radius 2 is 1.71 bits per heavy atom. The van der Waals surface area contributed by atoms with Crippen LogP contribution in [0, 0.1) is 13.8 Å². The van der Waals surface area contributed by atoms with Crippen molar-refractivity contribution in [2.45, 2.75) is 20.8 Å². The lowest BCUT2D eigenvalue weighted by Gasteiger charge is -1.99. The van der Waals surface area contributed by atoms with Crippen molar-refractivity contribution in [1.29, 1.82) is 0 Å². The molecule has 0 radical (unpaired) electrons. The number of carboxylic acids is 2. The molecule has 1 heterocycles. The second-order valence-electron chi connectivity index (χ2n) is 4.49. The average molecular weight is 336 g/mol. The van der Waals surface area contributed by atoms with Crippen LogP contribution >= 0.6 is 0 Å². The molecule has 2 aromatic rings. The van der Waals surface area contributed by atoms with Crippen LogP contribution in [0.5, 0.6) is 0 Å². The molecular formula is C16H20N2O6. The number of ether oxygens (including phenoxy) is 1.